The van der Waals surface area contributed by atoms with Gasteiger partial charge >= 0.3 is 25.7 Å². The zero-order valence-corrected chi connectivity index (χ0v) is 35.6. The Balaban J connectivity index is 0.000000590. The molecular formula is C43H42F3N7O6RuS. The summed E-state index contributed by atoms with van der Waals surface area (Å²) in [7, 11) is 0. The molecule has 1 atom stereocenters. The molecule has 1 unspecified atom stereocenters. The van der Waals surface area contributed by atoms with Crippen molar-refractivity contribution in [1.29, 1.82) is 5.41 Å². The zero-order chi connectivity index (χ0) is 44.2. The summed E-state index contributed by atoms with van der Waals surface area (Å²) in [4.78, 5) is 48.5. The number of nitrogens with one attached hydrogen (secondary N) is 2. The number of nitrogens with zero attached hydrogens (tertiary/aromatic N) is 5. The van der Waals surface area contributed by atoms with Crippen LogP contribution in [-0.2, 0) is 54.5 Å². The quantitative estimate of drug-likeness (QED) is 0.0221. The van der Waals surface area contributed by atoms with Crippen molar-refractivity contribution in [1.82, 2.24) is 19.9 Å². The monoisotopic (exact) mass is 943 g/mol. The van der Waals surface area contributed by atoms with Crippen LogP contribution in [0, 0.1) is 11.3 Å². The summed E-state index contributed by atoms with van der Waals surface area (Å²) in [5.74, 6) is 0.644. The maximum Gasteiger partial charge on any atom is 2.00 e. The molecule has 2 N–H and O–H groups in total. The molecule has 4 aromatic rings. The molecule has 320 valence electrons. The van der Waals surface area contributed by atoms with Crippen molar-refractivity contribution in [2.75, 3.05) is 0 Å². The predicted molar refractivity (Wildman–Crippen MR) is 227 cm³/mol. The van der Waals surface area contributed by atoms with Gasteiger partial charge < -0.3 is 25.4 Å². The van der Waals surface area contributed by atoms with Gasteiger partial charge in [0.1, 0.15) is 5.71 Å². The molecule has 4 heterocycles. The van der Waals surface area contributed by atoms with Crippen molar-refractivity contribution in [3.63, 3.8) is 0 Å². The molecule has 4 rings (SSSR count). The smallest absolute Gasteiger partial charge is 0.753 e. The van der Waals surface area contributed by atoms with Crippen LogP contribution < -0.4 is 0 Å². The Bertz CT molecular complexity index is 2100. The molecule has 0 aliphatic rings. The number of pyridine rings is 4. The van der Waals surface area contributed by atoms with Crippen LogP contribution in [-0.4, -0.2) is 56.4 Å². The molecule has 0 bridgehead atoms. The molecule has 0 spiro atoms. The predicted octanol–water partition coefficient (Wildman–Crippen LogP) is 10.5. The number of unbranched alkanes of at least 4 members (excludes halogenated alkanes) is 1. The number of aryl methyl sites for hydroxylation is 1. The van der Waals surface area contributed by atoms with Gasteiger partial charge in [0.2, 0.25) is 0 Å². The van der Waals surface area contributed by atoms with E-state index in [1.54, 1.807) is 73.1 Å². The van der Waals surface area contributed by atoms with Gasteiger partial charge in [-0.25, -0.2) is 4.98 Å². The van der Waals surface area contributed by atoms with Crippen LogP contribution >= 0.6 is 12.2 Å². The SMILES string of the molecule is CCCCC(CC)CCc1ccnc(/C([NH-])=C/C(=N)C(F)(F)F)c1.O=CO/C=C/c1ccnc(-c2cc(/C=C/OC=O)cc(-c3cc(/C=C/OC=O)ccn3)n2)c1.[N-]=C=S.[Ru+2]. The molecule has 0 radical (unpaired) electrons. The van der Waals surface area contributed by atoms with Crippen LogP contribution in [0.5, 0.6) is 0 Å². The van der Waals surface area contributed by atoms with Gasteiger partial charge in [0, 0.05) is 24.3 Å². The van der Waals surface area contributed by atoms with Crippen molar-refractivity contribution in [2.24, 2.45) is 5.92 Å². The Morgan fingerprint density at radius 2 is 1.28 bits per heavy atom. The van der Waals surface area contributed by atoms with E-state index in [0.29, 0.717) is 59.7 Å². The number of allylic oxidation sites excluding steroid dienone is 1. The number of carbonyl (C=O) groups excluding carboxylic acids is 3. The Morgan fingerprint density at radius 1 is 0.803 bits per heavy atom. The second-order valence-electron chi connectivity index (χ2n) is 12.3. The van der Waals surface area contributed by atoms with Crippen LogP contribution in [0.1, 0.15) is 73.9 Å². The molecule has 61 heavy (non-hydrogen) atoms. The van der Waals surface area contributed by atoms with Crippen LogP contribution in [0.3, 0.4) is 0 Å². The average molecular weight is 943 g/mol. The first kappa shape index (κ1) is 52.7. The van der Waals surface area contributed by atoms with Gasteiger partial charge in [-0.2, -0.15) is 18.3 Å². The first-order valence-corrected chi connectivity index (χ1v) is 18.6. The number of hydrogen-bond donors (Lipinski definition) is 1. The van der Waals surface area contributed by atoms with E-state index >= 15 is 0 Å². The first-order chi connectivity index (χ1) is 28.9. The number of ether oxygens (including phenoxy) is 3. The fourth-order valence-electron chi connectivity index (χ4n) is 5.23. The van der Waals surface area contributed by atoms with E-state index in [1.165, 1.54) is 49.4 Å². The number of hydrogen-bond acceptors (Lipinski definition) is 12. The normalized spacial score (nSPS) is 11.5. The van der Waals surface area contributed by atoms with Crippen molar-refractivity contribution in [3.8, 4) is 22.8 Å². The van der Waals surface area contributed by atoms with Gasteiger partial charge in [-0.15, -0.1) is 5.70 Å². The van der Waals surface area contributed by atoms with Gasteiger partial charge in [-0.1, -0.05) is 51.7 Å². The maximum absolute atomic E-state index is 12.4. The van der Waals surface area contributed by atoms with Gasteiger partial charge in [-0.3, -0.25) is 34.7 Å². The van der Waals surface area contributed by atoms with Crippen molar-refractivity contribution in [2.45, 2.75) is 58.5 Å². The van der Waals surface area contributed by atoms with Gasteiger partial charge in [0.05, 0.1) is 41.6 Å². The van der Waals surface area contributed by atoms with Gasteiger partial charge in [0.15, 0.2) is 0 Å². The maximum atomic E-state index is 12.4. The summed E-state index contributed by atoms with van der Waals surface area (Å²) >= 11 is 3.70. The number of rotatable bonds is 20. The summed E-state index contributed by atoms with van der Waals surface area (Å²) < 4.78 is 51.0. The number of carbonyl (C=O) groups is 3. The molecule has 0 aromatic carbocycles. The first-order valence-electron chi connectivity index (χ1n) is 18.2. The second kappa shape index (κ2) is 29.8. The minimum absolute atomic E-state index is 0. The van der Waals surface area contributed by atoms with Crippen LogP contribution in [0.2, 0.25) is 0 Å². The number of thiocarbonyl (C=S) groups is 1. The van der Waals surface area contributed by atoms with Gasteiger partial charge in [0.25, 0.3) is 19.4 Å². The zero-order valence-electron chi connectivity index (χ0n) is 33.0. The van der Waals surface area contributed by atoms with E-state index in [-0.39, 0.29) is 25.2 Å². The van der Waals surface area contributed by atoms with E-state index in [9.17, 15) is 27.6 Å². The minimum Gasteiger partial charge on any atom is -0.753 e. The third-order valence-electron chi connectivity index (χ3n) is 8.20. The Hall–Kier alpha value is -6.35. The van der Waals surface area contributed by atoms with E-state index in [4.69, 9.17) is 16.6 Å². The van der Waals surface area contributed by atoms with E-state index in [0.717, 1.165) is 36.0 Å². The number of aromatic nitrogens is 4. The Morgan fingerprint density at radius 3 is 1.74 bits per heavy atom. The molecule has 0 saturated heterocycles. The van der Waals surface area contributed by atoms with Crippen LogP contribution in [0.25, 0.3) is 57.8 Å². The summed E-state index contributed by atoms with van der Waals surface area (Å²) in [6, 6.07) is 14.1. The molecule has 0 fully saturated rings. The van der Waals surface area contributed by atoms with Gasteiger partial charge in [-0.05, 0) is 114 Å². The standard InChI is InChI=1S/C24H17N3O6.C18H25F3N3.CNS.Ru/c28-15-31-8-3-18-1-6-25-21(11-18)23-13-20(5-10-33-17-30)14-24(27-23)22-12-19(2-7-26-22)4-9-32-16-29;1-3-5-6-13(4-2)7-8-14-9-10-24-16(11-14)15(22)12-17(23)18(19,20)21;2-1-3;/h1-17H;9-13,22-23H,3-8H2,1-2H3;;/q;2*-1;+2/b8-3+,9-4+,10-5+;15-12-,23-17?;;. The molecule has 0 aliphatic carbocycles. The third kappa shape index (κ3) is 20.5. The molecule has 0 saturated carbocycles. The Kier molecular flexibility index (Phi) is 25.7. The Labute approximate surface area is 369 Å². The molecule has 0 amide bonds. The average Bonchev–Trinajstić information content (AvgIpc) is 3.24. The van der Waals surface area contributed by atoms with Crippen LogP contribution in [0.15, 0.2) is 92.0 Å². The van der Waals surface area contributed by atoms with E-state index in [1.807, 2.05) is 6.07 Å². The largest absolute Gasteiger partial charge is 2.00 e. The number of halogens is 3. The second-order valence-corrected chi connectivity index (χ2v) is 12.5. The van der Waals surface area contributed by atoms with Crippen molar-refractivity contribution in [3.05, 3.63) is 131 Å². The van der Waals surface area contributed by atoms with Crippen molar-refractivity contribution >= 4 is 66.4 Å². The van der Waals surface area contributed by atoms with E-state index < -0.39 is 17.6 Å². The summed E-state index contributed by atoms with van der Waals surface area (Å²) in [5.41, 5.74) is 11.3. The van der Waals surface area contributed by atoms with Crippen molar-refractivity contribution < 1.29 is 61.2 Å². The third-order valence-corrected chi connectivity index (χ3v) is 8.20. The minimum atomic E-state index is -4.74. The fourth-order valence-corrected chi connectivity index (χ4v) is 5.23. The summed E-state index contributed by atoms with van der Waals surface area (Å²) in [6.07, 6.45) is 15.6. The molecule has 0 aliphatic heterocycles. The molecular weight excluding hydrogens is 901 g/mol. The number of isothiocyanates is 1. The van der Waals surface area contributed by atoms with E-state index in [2.05, 4.69) is 60.2 Å². The molecule has 4 aromatic heterocycles. The molecule has 18 heteroatoms. The topological polar surface area (TPSA) is 200 Å². The summed E-state index contributed by atoms with van der Waals surface area (Å²) in [6.45, 7) is 5.31. The fraction of sp³-hybridized carbons (Fsp3) is 0.233. The molecule has 13 nitrogen and oxygen atoms in total. The summed E-state index contributed by atoms with van der Waals surface area (Å²) in [5, 5.41) is 15.4. The number of alkyl halides is 3. The van der Waals surface area contributed by atoms with Crippen LogP contribution in [0.4, 0.5) is 13.2 Å².